The van der Waals surface area contributed by atoms with Crippen LogP contribution in [0.15, 0.2) is 12.4 Å². The van der Waals surface area contributed by atoms with Crippen LogP contribution in [0.25, 0.3) is 0 Å². The lowest BCUT2D eigenvalue weighted by atomic mass is 10.3. The van der Waals surface area contributed by atoms with E-state index in [1.807, 2.05) is 0 Å². The third-order valence-electron chi connectivity index (χ3n) is 2.40. The van der Waals surface area contributed by atoms with E-state index in [4.69, 9.17) is 11.6 Å². The second kappa shape index (κ2) is 4.14. The Morgan fingerprint density at radius 2 is 2.33 bits per heavy atom. The fourth-order valence-corrected chi connectivity index (χ4v) is 1.56. The summed E-state index contributed by atoms with van der Waals surface area (Å²) >= 11 is 5.67. The summed E-state index contributed by atoms with van der Waals surface area (Å²) in [6, 6.07) is 0. The van der Waals surface area contributed by atoms with Crippen molar-refractivity contribution >= 4 is 17.5 Å². The number of amides is 1. The molecule has 1 heterocycles. The van der Waals surface area contributed by atoms with E-state index in [-0.39, 0.29) is 11.1 Å². The molecular weight excluding hydrogens is 214 g/mol. The van der Waals surface area contributed by atoms with E-state index < -0.39 is 0 Å². The van der Waals surface area contributed by atoms with Crippen molar-refractivity contribution in [3.05, 3.63) is 23.2 Å². The number of nitrogens with zero attached hydrogens (tertiary/aromatic N) is 3. The molecule has 4 nitrogen and oxygen atoms in total. The van der Waals surface area contributed by atoms with Gasteiger partial charge in [0.15, 0.2) is 0 Å². The molecule has 1 aromatic heterocycles. The van der Waals surface area contributed by atoms with Gasteiger partial charge in [-0.2, -0.15) is 0 Å². The van der Waals surface area contributed by atoms with Crippen LogP contribution in [0.4, 0.5) is 0 Å². The number of halogens is 1. The lowest BCUT2D eigenvalue weighted by Gasteiger charge is -2.15. The number of hydrogen-bond donors (Lipinski definition) is 0. The van der Waals surface area contributed by atoms with Gasteiger partial charge in [-0.05, 0) is 18.8 Å². The van der Waals surface area contributed by atoms with Crippen LogP contribution in [0.1, 0.15) is 23.3 Å². The molecule has 0 atom stereocenters. The third-order valence-corrected chi connectivity index (χ3v) is 2.58. The van der Waals surface area contributed by atoms with Gasteiger partial charge in [-0.25, -0.2) is 4.98 Å². The Morgan fingerprint density at radius 1 is 1.60 bits per heavy atom. The molecule has 1 saturated carbocycles. The first kappa shape index (κ1) is 10.4. The molecule has 0 aliphatic heterocycles. The smallest absolute Gasteiger partial charge is 0.273 e. The van der Waals surface area contributed by atoms with Crippen LogP contribution < -0.4 is 0 Å². The van der Waals surface area contributed by atoms with Gasteiger partial charge in [-0.1, -0.05) is 11.6 Å². The molecule has 1 aromatic rings. The molecule has 0 N–H and O–H groups in total. The highest BCUT2D eigenvalue weighted by Gasteiger charge is 2.25. The van der Waals surface area contributed by atoms with E-state index >= 15 is 0 Å². The molecule has 1 fully saturated rings. The molecule has 15 heavy (non-hydrogen) atoms. The zero-order valence-corrected chi connectivity index (χ0v) is 9.24. The van der Waals surface area contributed by atoms with Crippen molar-refractivity contribution < 1.29 is 4.79 Å². The maximum Gasteiger partial charge on any atom is 0.273 e. The summed E-state index contributed by atoms with van der Waals surface area (Å²) in [5.74, 6) is 0.558. The molecule has 1 amide bonds. The summed E-state index contributed by atoms with van der Waals surface area (Å²) in [5.41, 5.74) is 0.311. The van der Waals surface area contributed by atoms with Crippen LogP contribution in [0.3, 0.4) is 0 Å². The highest BCUT2D eigenvalue weighted by Crippen LogP contribution is 2.29. The molecule has 0 bridgehead atoms. The first-order chi connectivity index (χ1) is 7.16. The monoisotopic (exact) mass is 225 g/mol. The van der Waals surface area contributed by atoms with E-state index in [9.17, 15) is 4.79 Å². The second-order valence-corrected chi connectivity index (χ2v) is 4.24. The molecule has 1 aliphatic rings. The number of carbonyl (C=O) groups is 1. The van der Waals surface area contributed by atoms with Crippen molar-refractivity contribution in [3.63, 3.8) is 0 Å². The van der Waals surface area contributed by atoms with Gasteiger partial charge in [0.1, 0.15) is 10.8 Å². The van der Waals surface area contributed by atoms with Gasteiger partial charge in [0.2, 0.25) is 0 Å². The Morgan fingerprint density at radius 3 is 2.93 bits per heavy atom. The van der Waals surface area contributed by atoms with Crippen LogP contribution in [0.5, 0.6) is 0 Å². The molecule has 0 aromatic carbocycles. The Hall–Kier alpha value is -1.16. The highest BCUT2D eigenvalue weighted by molar-refractivity contribution is 6.29. The summed E-state index contributed by atoms with van der Waals surface area (Å²) in [5, 5.41) is 0.251. The van der Waals surface area contributed by atoms with Gasteiger partial charge >= 0.3 is 0 Å². The SMILES string of the molecule is CN(CC1CC1)C(=O)c1cncc(Cl)n1. The van der Waals surface area contributed by atoms with Crippen LogP contribution >= 0.6 is 11.6 Å². The van der Waals surface area contributed by atoms with Gasteiger partial charge in [-0.3, -0.25) is 9.78 Å². The molecular formula is C10H12ClN3O. The van der Waals surface area contributed by atoms with Gasteiger partial charge in [0.05, 0.1) is 12.4 Å². The van der Waals surface area contributed by atoms with Gasteiger partial charge in [0, 0.05) is 13.6 Å². The lowest BCUT2D eigenvalue weighted by molar-refractivity contribution is 0.0782. The number of hydrogen-bond acceptors (Lipinski definition) is 3. The average Bonchev–Trinajstić information content (AvgIpc) is 3.00. The van der Waals surface area contributed by atoms with Crippen molar-refractivity contribution in [1.29, 1.82) is 0 Å². The molecule has 5 heteroatoms. The van der Waals surface area contributed by atoms with Gasteiger partial charge in [-0.15, -0.1) is 0 Å². The predicted molar refractivity (Wildman–Crippen MR) is 56.7 cm³/mol. The minimum Gasteiger partial charge on any atom is -0.340 e. The standard InChI is InChI=1S/C10H12ClN3O/c1-14(6-7-2-3-7)10(15)8-4-12-5-9(11)13-8/h4-5,7H,2-3,6H2,1H3. The van der Waals surface area contributed by atoms with Crippen molar-refractivity contribution in [2.75, 3.05) is 13.6 Å². The summed E-state index contributed by atoms with van der Waals surface area (Å²) < 4.78 is 0. The second-order valence-electron chi connectivity index (χ2n) is 3.86. The Labute approximate surface area is 93.3 Å². The summed E-state index contributed by atoms with van der Waals surface area (Å²) in [4.78, 5) is 21.3. The maximum atomic E-state index is 11.8. The highest BCUT2D eigenvalue weighted by atomic mass is 35.5. The minimum absolute atomic E-state index is 0.114. The quantitative estimate of drug-likeness (QED) is 0.785. The topological polar surface area (TPSA) is 46.1 Å². The van der Waals surface area contributed by atoms with Crippen molar-refractivity contribution in [2.24, 2.45) is 5.92 Å². The molecule has 1 aliphatic carbocycles. The fraction of sp³-hybridized carbons (Fsp3) is 0.500. The Bertz CT molecular complexity index is 379. The normalized spacial score (nSPS) is 15.1. The molecule has 0 saturated heterocycles. The first-order valence-corrected chi connectivity index (χ1v) is 5.27. The van der Waals surface area contributed by atoms with E-state index in [0.717, 1.165) is 6.54 Å². The van der Waals surface area contributed by atoms with Gasteiger partial charge < -0.3 is 4.90 Å². The van der Waals surface area contributed by atoms with Crippen LogP contribution in [0, 0.1) is 5.92 Å². The number of aromatic nitrogens is 2. The zero-order chi connectivity index (χ0) is 10.8. The van der Waals surface area contributed by atoms with E-state index in [1.165, 1.54) is 25.2 Å². The zero-order valence-electron chi connectivity index (χ0n) is 8.48. The number of rotatable bonds is 3. The van der Waals surface area contributed by atoms with Crippen LogP contribution in [0.2, 0.25) is 5.15 Å². The minimum atomic E-state index is -0.114. The van der Waals surface area contributed by atoms with Crippen LogP contribution in [-0.2, 0) is 0 Å². The summed E-state index contributed by atoms with van der Waals surface area (Å²) in [7, 11) is 1.78. The predicted octanol–water partition coefficient (Wildman–Crippen LogP) is 1.61. The van der Waals surface area contributed by atoms with Crippen molar-refractivity contribution in [1.82, 2.24) is 14.9 Å². The van der Waals surface area contributed by atoms with E-state index in [0.29, 0.717) is 11.6 Å². The number of carbonyl (C=O) groups excluding carboxylic acids is 1. The summed E-state index contributed by atoms with van der Waals surface area (Å²) in [6.45, 7) is 0.799. The van der Waals surface area contributed by atoms with Gasteiger partial charge in [0.25, 0.3) is 5.91 Å². The van der Waals surface area contributed by atoms with Crippen LogP contribution in [-0.4, -0.2) is 34.4 Å². The van der Waals surface area contributed by atoms with Crippen molar-refractivity contribution in [3.8, 4) is 0 Å². The molecule has 2 rings (SSSR count). The largest absolute Gasteiger partial charge is 0.340 e. The maximum absolute atomic E-state index is 11.8. The fourth-order valence-electron chi connectivity index (χ4n) is 1.41. The lowest BCUT2D eigenvalue weighted by Crippen LogP contribution is -2.29. The molecule has 80 valence electrons. The average molecular weight is 226 g/mol. The molecule has 0 unspecified atom stereocenters. The van der Waals surface area contributed by atoms with E-state index in [2.05, 4.69) is 9.97 Å². The summed E-state index contributed by atoms with van der Waals surface area (Å²) in [6.07, 6.45) is 5.30. The molecule has 0 spiro atoms. The Kier molecular flexibility index (Phi) is 2.86. The van der Waals surface area contributed by atoms with Crippen molar-refractivity contribution in [2.45, 2.75) is 12.8 Å². The van der Waals surface area contributed by atoms with E-state index in [1.54, 1.807) is 11.9 Å². The third kappa shape index (κ3) is 2.65. The Balaban J connectivity index is 2.05. The first-order valence-electron chi connectivity index (χ1n) is 4.90. The molecule has 0 radical (unpaired) electrons.